The van der Waals surface area contributed by atoms with E-state index in [-0.39, 0.29) is 5.91 Å². The van der Waals surface area contributed by atoms with Crippen molar-refractivity contribution in [2.75, 3.05) is 12.4 Å². The van der Waals surface area contributed by atoms with Gasteiger partial charge in [-0.15, -0.1) is 0 Å². The van der Waals surface area contributed by atoms with E-state index in [0.717, 1.165) is 11.1 Å². The summed E-state index contributed by atoms with van der Waals surface area (Å²) in [6, 6.07) is 14.5. The highest BCUT2D eigenvalue weighted by Crippen LogP contribution is 2.25. The average molecular weight is 445 g/mol. The van der Waals surface area contributed by atoms with Gasteiger partial charge in [0.05, 0.1) is 19.4 Å². The molecule has 0 saturated heterocycles. The minimum absolute atomic E-state index is 0.321. The number of nitrogens with zero attached hydrogens (tertiary/aromatic N) is 3. The fourth-order valence-electron chi connectivity index (χ4n) is 3.11. The molecule has 1 amide bonds. The van der Waals surface area contributed by atoms with Gasteiger partial charge in [0.1, 0.15) is 5.75 Å². The summed E-state index contributed by atoms with van der Waals surface area (Å²) in [5.41, 5.74) is 2.34. The van der Waals surface area contributed by atoms with E-state index < -0.39 is 6.10 Å². The van der Waals surface area contributed by atoms with Crippen molar-refractivity contribution in [1.82, 2.24) is 9.78 Å². The molecule has 1 atom stereocenters. The van der Waals surface area contributed by atoms with Gasteiger partial charge in [-0.05, 0) is 29.8 Å². The molecule has 0 saturated carbocycles. The number of halogens is 2. The Labute approximate surface area is 183 Å². The van der Waals surface area contributed by atoms with Crippen LogP contribution in [0.1, 0.15) is 17.5 Å². The number of rotatable bonds is 6. The highest BCUT2D eigenvalue weighted by Gasteiger charge is 2.30. The number of aromatic nitrogens is 2. The van der Waals surface area contributed by atoms with E-state index in [2.05, 4.69) is 15.6 Å². The zero-order valence-corrected chi connectivity index (χ0v) is 17.5. The summed E-state index contributed by atoms with van der Waals surface area (Å²) in [4.78, 5) is 17.9. The van der Waals surface area contributed by atoms with Crippen molar-refractivity contribution in [3.8, 4) is 5.75 Å². The Morgan fingerprint density at radius 3 is 2.90 bits per heavy atom. The number of benzene rings is 2. The van der Waals surface area contributed by atoms with Crippen LogP contribution >= 0.6 is 23.2 Å². The fraction of sp³-hybridized carbons (Fsp3) is 0.190. The van der Waals surface area contributed by atoms with Crippen LogP contribution in [0.15, 0.2) is 59.9 Å². The topological polar surface area (TPSA) is 77.7 Å². The molecule has 1 N–H and O–H groups in total. The van der Waals surface area contributed by atoms with Gasteiger partial charge in [-0.1, -0.05) is 46.6 Å². The quantitative estimate of drug-likeness (QED) is 0.611. The first-order valence-corrected chi connectivity index (χ1v) is 9.93. The van der Waals surface area contributed by atoms with Gasteiger partial charge < -0.3 is 14.9 Å². The minimum Gasteiger partial charge on any atom is -0.496 e. The number of methoxy groups -OCH3 is 1. The first-order valence-electron chi connectivity index (χ1n) is 9.18. The Hall–Kier alpha value is -3.03. The SMILES string of the molecule is COc1ccccc1C1=NOC(C(=O)Nc2ccn(Cc3ccc(Cl)cc3Cl)n2)C1. The number of anilines is 1. The van der Waals surface area contributed by atoms with Crippen LogP contribution in [0.25, 0.3) is 0 Å². The molecule has 0 radical (unpaired) electrons. The molecule has 0 bridgehead atoms. The van der Waals surface area contributed by atoms with Crippen LogP contribution in [0.2, 0.25) is 10.0 Å². The molecule has 1 unspecified atom stereocenters. The molecule has 4 rings (SSSR count). The van der Waals surface area contributed by atoms with Crippen molar-refractivity contribution in [2.45, 2.75) is 19.1 Å². The molecule has 30 heavy (non-hydrogen) atoms. The maximum atomic E-state index is 12.6. The summed E-state index contributed by atoms with van der Waals surface area (Å²) in [7, 11) is 1.59. The molecule has 0 aliphatic carbocycles. The Kier molecular flexibility index (Phi) is 5.92. The van der Waals surface area contributed by atoms with Crippen LogP contribution in [0.3, 0.4) is 0 Å². The lowest BCUT2D eigenvalue weighted by molar-refractivity contribution is -0.125. The van der Waals surface area contributed by atoms with Crippen molar-refractivity contribution in [3.05, 3.63) is 75.9 Å². The van der Waals surface area contributed by atoms with Gasteiger partial charge in [-0.25, -0.2) is 0 Å². The average Bonchev–Trinajstić information content (AvgIpc) is 3.40. The van der Waals surface area contributed by atoms with E-state index in [0.29, 0.717) is 40.3 Å². The van der Waals surface area contributed by atoms with Gasteiger partial charge in [0, 0.05) is 34.3 Å². The molecule has 0 fully saturated rings. The number of hydrogen-bond donors (Lipinski definition) is 1. The van der Waals surface area contributed by atoms with Crippen LogP contribution < -0.4 is 10.1 Å². The van der Waals surface area contributed by atoms with Crippen LogP contribution in [0.5, 0.6) is 5.75 Å². The van der Waals surface area contributed by atoms with Crippen molar-refractivity contribution in [3.63, 3.8) is 0 Å². The number of oxime groups is 1. The van der Waals surface area contributed by atoms with E-state index >= 15 is 0 Å². The highest BCUT2D eigenvalue weighted by molar-refractivity contribution is 6.35. The number of carbonyl (C=O) groups excluding carboxylic acids is 1. The summed E-state index contributed by atoms with van der Waals surface area (Å²) in [6.45, 7) is 0.451. The molecule has 154 valence electrons. The molecule has 1 aliphatic rings. The van der Waals surface area contributed by atoms with Crippen LogP contribution in [0, 0.1) is 0 Å². The third-order valence-electron chi connectivity index (χ3n) is 4.62. The minimum atomic E-state index is -0.735. The summed E-state index contributed by atoms with van der Waals surface area (Å²) in [5.74, 6) is 0.776. The second-order valence-electron chi connectivity index (χ2n) is 6.66. The lowest BCUT2D eigenvalue weighted by Crippen LogP contribution is -2.28. The molecule has 2 heterocycles. The van der Waals surface area contributed by atoms with Gasteiger partial charge in [0.15, 0.2) is 5.82 Å². The van der Waals surface area contributed by atoms with Gasteiger partial charge in [0.2, 0.25) is 6.10 Å². The predicted octanol–water partition coefficient (Wildman–Crippen LogP) is 4.38. The van der Waals surface area contributed by atoms with E-state index in [9.17, 15) is 4.79 Å². The summed E-state index contributed by atoms with van der Waals surface area (Å²) in [6.07, 6.45) is 1.36. The zero-order chi connectivity index (χ0) is 21.1. The van der Waals surface area contributed by atoms with E-state index in [1.807, 2.05) is 30.3 Å². The number of para-hydroxylation sites is 1. The molecule has 7 nitrogen and oxygen atoms in total. The summed E-state index contributed by atoms with van der Waals surface area (Å²) >= 11 is 12.1. The van der Waals surface area contributed by atoms with Gasteiger partial charge >= 0.3 is 0 Å². The first-order chi connectivity index (χ1) is 14.5. The molecular formula is C21H18Cl2N4O3. The van der Waals surface area contributed by atoms with Crippen LogP contribution in [-0.2, 0) is 16.2 Å². The normalized spacial score (nSPS) is 15.4. The number of carbonyl (C=O) groups is 1. The predicted molar refractivity (Wildman–Crippen MR) is 115 cm³/mol. The maximum Gasteiger partial charge on any atom is 0.269 e. The van der Waals surface area contributed by atoms with Gasteiger partial charge in [-0.2, -0.15) is 5.10 Å². The van der Waals surface area contributed by atoms with Gasteiger partial charge in [0.25, 0.3) is 5.91 Å². The smallest absolute Gasteiger partial charge is 0.269 e. The first kappa shape index (κ1) is 20.3. The lowest BCUT2D eigenvalue weighted by atomic mass is 10.0. The number of amides is 1. The number of hydrogen-bond acceptors (Lipinski definition) is 5. The molecule has 3 aromatic rings. The van der Waals surface area contributed by atoms with E-state index in [1.54, 1.807) is 36.2 Å². The molecule has 0 spiro atoms. The van der Waals surface area contributed by atoms with Crippen LogP contribution in [0.4, 0.5) is 5.82 Å². The maximum absolute atomic E-state index is 12.6. The second kappa shape index (κ2) is 8.77. The van der Waals surface area contributed by atoms with Crippen molar-refractivity contribution < 1.29 is 14.4 Å². The third kappa shape index (κ3) is 4.42. The Bertz CT molecular complexity index is 1110. The Balaban J connectivity index is 1.37. The van der Waals surface area contributed by atoms with Crippen molar-refractivity contribution in [1.29, 1.82) is 0 Å². The van der Waals surface area contributed by atoms with E-state index in [1.165, 1.54) is 0 Å². The Morgan fingerprint density at radius 2 is 2.10 bits per heavy atom. The molecule has 2 aromatic carbocycles. The third-order valence-corrected chi connectivity index (χ3v) is 5.21. The number of ether oxygens (including phenoxy) is 1. The second-order valence-corrected chi connectivity index (χ2v) is 7.50. The van der Waals surface area contributed by atoms with E-state index in [4.69, 9.17) is 32.8 Å². The monoisotopic (exact) mass is 444 g/mol. The summed E-state index contributed by atoms with van der Waals surface area (Å²) in [5, 5.41) is 12.3. The molecule has 1 aliphatic heterocycles. The van der Waals surface area contributed by atoms with Crippen LogP contribution in [-0.4, -0.2) is 34.6 Å². The molecular weight excluding hydrogens is 427 g/mol. The lowest BCUT2D eigenvalue weighted by Gasteiger charge is -2.09. The van der Waals surface area contributed by atoms with Gasteiger partial charge in [-0.3, -0.25) is 9.48 Å². The van der Waals surface area contributed by atoms with Crippen molar-refractivity contribution >= 4 is 40.6 Å². The zero-order valence-electron chi connectivity index (χ0n) is 16.0. The Morgan fingerprint density at radius 1 is 1.27 bits per heavy atom. The summed E-state index contributed by atoms with van der Waals surface area (Å²) < 4.78 is 7.03. The van der Waals surface area contributed by atoms with Crippen molar-refractivity contribution in [2.24, 2.45) is 5.16 Å². The fourth-order valence-corrected chi connectivity index (χ4v) is 3.58. The molecule has 1 aromatic heterocycles. The standard InChI is InChI=1S/C21H18Cl2N4O3/c1-29-18-5-3-2-4-15(18)17-11-19(30-26-17)21(28)24-20-8-9-27(25-20)12-13-6-7-14(22)10-16(13)23/h2-10,19H,11-12H2,1H3,(H,24,25,28). The largest absolute Gasteiger partial charge is 0.496 e. The number of nitrogens with one attached hydrogen (secondary N) is 1. The highest BCUT2D eigenvalue weighted by atomic mass is 35.5. The molecule has 9 heteroatoms.